The predicted molar refractivity (Wildman–Crippen MR) is 49.6 cm³/mol. The number of halogens is 2. The van der Waals surface area contributed by atoms with Crippen LogP contribution in [-0.2, 0) is 0 Å². The molecule has 54 valence electrons. The predicted octanol–water partition coefficient (Wildman–Crippen LogP) is 3.16. The van der Waals surface area contributed by atoms with Crippen LogP contribution in [0.15, 0.2) is 15.9 Å². The summed E-state index contributed by atoms with van der Waals surface area (Å²) in [7, 11) is 0. The van der Waals surface area contributed by atoms with Crippen molar-refractivity contribution >= 4 is 44.4 Å². The standard InChI is InChI=1S/C6H5BrClNS/c1-4(2-8)5-3-10-6(7)9-5/h3H,1-2H2. The van der Waals surface area contributed by atoms with Crippen molar-refractivity contribution < 1.29 is 0 Å². The molecule has 0 unspecified atom stereocenters. The highest BCUT2D eigenvalue weighted by Crippen LogP contribution is 2.21. The zero-order valence-corrected chi connectivity index (χ0v) is 8.26. The minimum Gasteiger partial charge on any atom is -0.229 e. The van der Waals surface area contributed by atoms with Crippen molar-refractivity contribution in [3.63, 3.8) is 0 Å². The fourth-order valence-corrected chi connectivity index (χ4v) is 1.67. The van der Waals surface area contributed by atoms with Gasteiger partial charge in [0.25, 0.3) is 0 Å². The van der Waals surface area contributed by atoms with Crippen LogP contribution in [0.1, 0.15) is 5.69 Å². The average Bonchev–Trinajstić information content (AvgIpc) is 2.34. The molecule has 1 heterocycles. The average molecular weight is 239 g/mol. The highest BCUT2D eigenvalue weighted by Gasteiger charge is 2.00. The van der Waals surface area contributed by atoms with Crippen molar-refractivity contribution in [2.45, 2.75) is 0 Å². The zero-order valence-electron chi connectivity index (χ0n) is 5.10. The van der Waals surface area contributed by atoms with Crippen molar-refractivity contribution in [1.29, 1.82) is 0 Å². The van der Waals surface area contributed by atoms with Gasteiger partial charge in [-0.15, -0.1) is 22.9 Å². The first-order valence-electron chi connectivity index (χ1n) is 2.59. The Kier molecular flexibility index (Phi) is 2.89. The van der Waals surface area contributed by atoms with Gasteiger partial charge in [-0.25, -0.2) is 4.98 Å². The Morgan fingerprint density at radius 1 is 1.90 bits per heavy atom. The topological polar surface area (TPSA) is 12.9 Å². The monoisotopic (exact) mass is 237 g/mol. The van der Waals surface area contributed by atoms with Crippen LogP contribution >= 0.6 is 38.9 Å². The Labute approximate surface area is 76.9 Å². The van der Waals surface area contributed by atoms with Gasteiger partial charge in [-0.05, 0) is 21.5 Å². The van der Waals surface area contributed by atoms with E-state index in [1.165, 1.54) is 11.3 Å². The van der Waals surface area contributed by atoms with Crippen molar-refractivity contribution in [3.8, 4) is 0 Å². The third kappa shape index (κ3) is 1.81. The highest BCUT2D eigenvalue weighted by atomic mass is 79.9. The summed E-state index contributed by atoms with van der Waals surface area (Å²) < 4.78 is 0.869. The van der Waals surface area contributed by atoms with Crippen LogP contribution in [-0.4, -0.2) is 10.9 Å². The largest absolute Gasteiger partial charge is 0.229 e. The van der Waals surface area contributed by atoms with E-state index in [1.807, 2.05) is 5.38 Å². The SMILES string of the molecule is C=C(CCl)c1csc(Br)n1. The van der Waals surface area contributed by atoms with Crippen LogP contribution in [0.25, 0.3) is 5.57 Å². The summed E-state index contributed by atoms with van der Waals surface area (Å²) in [5, 5.41) is 1.93. The first kappa shape index (κ1) is 8.24. The molecule has 4 heteroatoms. The van der Waals surface area contributed by atoms with E-state index >= 15 is 0 Å². The number of rotatable bonds is 2. The molecule has 1 rings (SSSR count). The Balaban J connectivity index is 2.85. The first-order valence-corrected chi connectivity index (χ1v) is 4.80. The summed E-state index contributed by atoms with van der Waals surface area (Å²) >= 11 is 10.3. The van der Waals surface area contributed by atoms with Gasteiger partial charge in [0.15, 0.2) is 3.92 Å². The summed E-state index contributed by atoms with van der Waals surface area (Å²) in [6.07, 6.45) is 0. The molecule has 1 aromatic heterocycles. The molecule has 0 spiro atoms. The number of thiazole rings is 1. The number of nitrogens with zero attached hydrogens (tertiary/aromatic N) is 1. The lowest BCUT2D eigenvalue weighted by Gasteiger charge is -1.91. The molecule has 0 amide bonds. The maximum atomic E-state index is 5.55. The van der Waals surface area contributed by atoms with Gasteiger partial charge in [0, 0.05) is 11.3 Å². The van der Waals surface area contributed by atoms with Crippen LogP contribution in [0.5, 0.6) is 0 Å². The Morgan fingerprint density at radius 2 is 2.60 bits per heavy atom. The first-order chi connectivity index (χ1) is 4.74. The van der Waals surface area contributed by atoms with Gasteiger partial charge in [0.2, 0.25) is 0 Å². The molecule has 0 N–H and O–H groups in total. The summed E-state index contributed by atoms with van der Waals surface area (Å²) in [6, 6.07) is 0. The van der Waals surface area contributed by atoms with Crippen molar-refractivity contribution in [1.82, 2.24) is 4.98 Å². The van der Waals surface area contributed by atoms with E-state index in [0.717, 1.165) is 15.2 Å². The minimum atomic E-state index is 0.441. The Morgan fingerprint density at radius 3 is 3.00 bits per heavy atom. The van der Waals surface area contributed by atoms with E-state index in [1.54, 1.807) is 0 Å². The lowest BCUT2D eigenvalue weighted by molar-refractivity contribution is 1.32. The zero-order chi connectivity index (χ0) is 7.56. The van der Waals surface area contributed by atoms with Gasteiger partial charge in [-0.3, -0.25) is 0 Å². The highest BCUT2D eigenvalue weighted by molar-refractivity contribution is 9.11. The molecular weight excluding hydrogens is 233 g/mol. The molecule has 0 radical (unpaired) electrons. The number of aromatic nitrogens is 1. The molecule has 0 fully saturated rings. The fourth-order valence-electron chi connectivity index (χ4n) is 0.483. The second kappa shape index (κ2) is 3.51. The van der Waals surface area contributed by atoms with Crippen LogP contribution < -0.4 is 0 Å². The van der Waals surface area contributed by atoms with Crippen molar-refractivity contribution in [3.05, 3.63) is 21.6 Å². The molecule has 10 heavy (non-hydrogen) atoms. The number of alkyl halides is 1. The van der Waals surface area contributed by atoms with Gasteiger partial charge in [-0.1, -0.05) is 6.58 Å². The third-order valence-electron chi connectivity index (χ3n) is 1.000. The summed E-state index contributed by atoms with van der Waals surface area (Å²) in [6.45, 7) is 3.75. The molecule has 1 nitrogen and oxygen atoms in total. The van der Waals surface area contributed by atoms with Crippen LogP contribution in [0, 0.1) is 0 Å². The summed E-state index contributed by atoms with van der Waals surface area (Å²) in [4.78, 5) is 4.13. The van der Waals surface area contributed by atoms with E-state index in [0.29, 0.717) is 5.88 Å². The molecular formula is C6H5BrClNS. The quantitative estimate of drug-likeness (QED) is 0.721. The van der Waals surface area contributed by atoms with Crippen molar-refractivity contribution in [2.75, 3.05) is 5.88 Å². The van der Waals surface area contributed by atoms with Crippen molar-refractivity contribution in [2.24, 2.45) is 0 Å². The molecule has 0 aromatic carbocycles. The number of hydrogen-bond acceptors (Lipinski definition) is 2. The molecule has 0 saturated heterocycles. The van der Waals surface area contributed by atoms with Gasteiger partial charge >= 0.3 is 0 Å². The fraction of sp³-hybridized carbons (Fsp3) is 0.167. The summed E-state index contributed by atoms with van der Waals surface area (Å²) in [5.74, 6) is 0.441. The molecule has 0 aliphatic heterocycles. The van der Waals surface area contributed by atoms with E-state index < -0.39 is 0 Å². The van der Waals surface area contributed by atoms with Gasteiger partial charge in [-0.2, -0.15) is 0 Å². The van der Waals surface area contributed by atoms with Crippen LogP contribution in [0.4, 0.5) is 0 Å². The Hall–Kier alpha value is 0.140. The van der Waals surface area contributed by atoms with E-state index in [4.69, 9.17) is 11.6 Å². The molecule has 0 aliphatic carbocycles. The lowest BCUT2D eigenvalue weighted by Crippen LogP contribution is -1.81. The smallest absolute Gasteiger partial charge is 0.159 e. The maximum absolute atomic E-state index is 5.55. The van der Waals surface area contributed by atoms with Crippen LogP contribution in [0.3, 0.4) is 0 Å². The van der Waals surface area contributed by atoms with Gasteiger partial charge in [0.05, 0.1) is 5.69 Å². The van der Waals surface area contributed by atoms with Crippen LogP contribution in [0.2, 0.25) is 0 Å². The molecule has 0 saturated carbocycles. The van der Waals surface area contributed by atoms with Gasteiger partial charge in [0.1, 0.15) is 0 Å². The second-order valence-corrected chi connectivity index (χ2v) is 4.12. The number of hydrogen-bond donors (Lipinski definition) is 0. The maximum Gasteiger partial charge on any atom is 0.159 e. The second-order valence-electron chi connectivity index (χ2n) is 1.72. The lowest BCUT2D eigenvalue weighted by atomic mass is 10.3. The van der Waals surface area contributed by atoms with Gasteiger partial charge < -0.3 is 0 Å². The molecule has 0 atom stereocenters. The third-order valence-corrected chi connectivity index (χ3v) is 2.69. The summed E-state index contributed by atoms with van der Waals surface area (Å²) in [5.41, 5.74) is 1.75. The normalized spacial score (nSPS) is 9.80. The molecule has 0 aliphatic rings. The number of allylic oxidation sites excluding steroid dienone is 1. The Bertz CT molecular complexity index is 246. The van der Waals surface area contributed by atoms with E-state index in [-0.39, 0.29) is 0 Å². The molecule has 1 aromatic rings. The molecule has 0 bridgehead atoms. The van der Waals surface area contributed by atoms with E-state index in [9.17, 15) is 0 Å². The minimum absolute atomic E-state index is 0.441. The van der Waals surface area contributed by atoms with E-state index in [2.05, 4.69) is 27.5 Å².